The number of aromatic nitrogens is 1. The standard InChI is InChI=1S/C32H37N5O3/c1-5-22-13-18-26-27(21-22)37(32(40)33-4)31(39)28(26)29(23-11-9-8-10-12-23)35-25-16-14-24(15-17-25)30(38)34-19-20-36(6-2)7-3/h8-18,21,39H,5-7,19-20H2,1-4H3,(H,33,40)(H,34,38). The first kappa shape index (κ1) is 28.6. The van der Waals surface area contributed by atoms with Gasteiger partial charge in [0, 0.05) is 36.7 Å². The molecule has 2 amide bonds. The highest BCUT2D eigenvalue weighted by molar-refractivity contribution is 6.23. The lowest BCUT2D eigenvalue weighted by molar-refractivity contribution is 0.0949. The molecule has 0 aliphatic carbocycles. The van der Waals surface area contributed by atoms with E-state index in [0.717, 1.165) is 37.2 Å². The number of aliphatic imine (C=N–C) groups is 1. The molecule has 0 saturated heterocycles. The van der Waals surface area contributed by atoms with E-state index in [-0.39, 0.29) is 11.8 Å². The summed E-state index contributed by atoms with van der Waals surface area (Å²) in [6.45, 7) is 9.52. The highest BCUT2D eigenvalue weighted by Gasteiger charge is 2.25. The first-order chi connectivity index (χ1) is 19.4. The second-order valence-corrected chi connectivity index (χ2v) is 9.45. The second kappa shape index (κ2) is 13.1. The minimum Gasteiger partial charge on any atom is -0.494 e. The Balaban J connectivity index is 1.75. The number of hydrogen-bond donors (Lipinski definition) is 3. The van der Waals surface area contributed by atoms with Crippen molar-refractivity contribution in [2.24, 2.45) is 4.99 Å². The summed E-state index contributed by atoms with van der Waals surface area (Å²) in [6, 6.07) is 22.0. The largest absolute Gasteiger partial charge is 0.494 e. The average Bonchev–Trinajstić information content (AvgIpc) is 3.28. The van der Waals surface area contributed by atoms with Crippen molar-refractivity contribution in [3.63, 3.8) is 0 Å². The number of hydrogen-bond acceptors (Lipinski definition) is 5. The number of likely N-dealkylation sites (N-methyl/N-ethyl adjacent to an activating group) is 1. The molecule has 8 heteroatoms. The summed E-state index contributed by atoms with van der Waals surface area (Å²) in [6.07, 6.45) is 0.792. The SMILES string of the molecule is CCc1ccc2c(C(=Nc3ccc(C(=O)NCCN(CC)CC)cc3)c3ccccc3)c(O)n(C(=O)NC)c2c1. The van der Waals surface area contributed by atoms with E-state index in [1.165, 1.54) is 11.6 Å². The van der Waals surface area contributed by atoms with Gasteiger partial charge in [-0.3, -0.25) is 4.79 Å². The van der Waals surface area contributed by atoms with E-state index < -0.39 is 6.03 Å². The number of rotatable bonds is 10. The number of carbonyl (C=O) groups is 2. The van der Waals surface area contributed by atoms with Gasteiger partial charge >= 0.3 is 6.03 Å². The molecular weight excluding hydrogens is 502 g/mol. The highest BCUT2D eigenvalue weighted by atomic mass is 16.3. The molecule has 3 aromatic carbocycles. The van der Waals surface area contributed by atoms with Gasteiger partial charge in [-0.2, -0.15) is 0 Å². The van der Waals surface area contributed by atoms with Gasteiger partial charge in [-0.05, 0) is 55.4 Å². The van der Waals surface area contributed by atoms with Crippen LogP contribution in [0.25, 0.3) is 10.9 Å². The molecule has 0 radical (unpaired) electrons. The van der Waals surface area contributed by atoms with E-state index >= 15 is 0 Å². The van der Waals surface area contributed by atoms with E-state index in [0.29, 0.717) is 40.0 Å². The Bertz CT molecular complexity index is 1500. The number of aromatic hydroxyl groups is 1. The summed E-state index contributed by atoms with van der Waals surface area (Å²) in [5, 5.41) is 17.7. The topological polar surface area (TPSA) is 99.0 Å². The number of aryl methyl sites for hydroxylation is 1. The zero-order chi connectivity index (χ0) is 28.6. The Kier molecular flexibility index (Phi) is 9.35. The van der Waals surface area contributed by atoms with Gasteiger partial charge in [-0.1, -0.05) is 63.2 Å². The number of nitrogens with one attached hydrogen (secondary N) is 2. The lowest BCUT2D eigenvalue weighted by Crippen LogP contribution is -2.34. The van der Waals surface area contributed by atoms with Crippen molar-refractivity contribution in [1.82, 2.24) is 20.1 Å². The number of benzene rings is 3. The molecule has 3 N–H and O–H groups in total. The van der Waals surface area contributed by atoms with Gasteiger partial charge in [0.15, 0.2) is 0 Å². The Labute approximate surface area is 235 Å². The van der Waals surface area contributed by atoms with E-state index in [1.54, 1.807) is 24.3 Å². The Hall–Kier alpha value is -4.43. The minimum atomic E-state index is -0.439. The van der Waals surface area contributed by atoms with Crippen molar-refractivity contribution in [3.8, 4) is 5.88 Å². The third-order valence-electron chi connectivity index (χ3n) is 7.10. The van der Waals surface area contributed by atoms with Gasteiger partial charge in [0.25, 0.3) is 5.91 Å². The van der Waals surface area contributed by atoms with Crippen molar-refractivity contribution in [3.05, 3.63) is 95.1 Å². The first-order valence-corrected chi connectivity index (χ1v) is 13.7. The maximum atomic E-state index is 12.8. The molecular formula is C32H37N5O3. The number of fused-ring (bicyclic) bond motifs is 1. The van der Waals surface area contributed by atoms with E-state index in [1.807, 2.05) is 55.5 Å². The fourth-order valence-electron chi connectivity index (χ4n) is 4.74. The zero-order valence-electron chi connectivity index (χ0n) is 23.6. The van der Waals surface area contributed by atoms with Crippen molar-refractivity contribution in [2.75, 3.05) is 33.2 Å². The van der Waals surface area contributed by atoms with Crippen LogP contribution < -0.4 is 10.6 Å². The third-order valence-corrected chi connectivity index (χ3v) is 7.10. The molecule has 0 atom stereocenters. The van der Waals surface area contributed by atoms with Crippen molar-refractivity contribution in [2.45, 2.75) is 27.2 Å². The Morgan fingerprint density at radius 2 is 1.62 bits per heavy atom. The van der Waals surface area contributed by atoms with Gasteiger partial charge in [-0.25, -0.2) is 14.4 Å². The normalized spacial score (nSPS) is 11.7. The summed E-state index contributed by atoms with van der Waals surface area (Å²) in [5.41, 5.74) is 4.58. The molecule has 0 aliphatic rings. The quantitative estimate of drug-likeness (QED) is 0.237. The maximum absolute atomic E-state index is 12.8. The van der Waals surface area contributed by atoms with Crippen LogP contribution in [0.3, 0.4) is 0 Å². The lowest BCUT2D eigenvalue weighted by Gasteiger charge is -2.17. The fourth-order valence-corrected chi connectivity index (χ4v) is 4.74. The van der Waals surface area contributed by atoms with Gasteiger partial charge in [0.2, 0.25) is 5.88 Å². The Morgan fingerprint density at radius 1 is 0.925 bits per heavy atom. The van der Waals surface area contributed by atoms with Crippen LogP contribution in [0.4, 0.5) is 10.5 Å². The fraction of sp³-hybridized carbons (Fsp3) is 0.281. The molecule has 0 unspecified atom stereocenters. The van der Waals surface area contributed by atoms with E-state index in [9.17, 15) is 14.7 Å². The molecule has 1 aromatic heterocycles. The molecule has 8 nitrogen and oxygen atoms in total. The lowest BCUT2D eigenvalue weighted by atomic mass is 10.00. The molecule has 1 heterocycles. The number of carbonyl (C=O) groups excluding carboxylic acids is 2. The van der Waals surface area contributed by atoms with Gasteiger partial charge in [-0.15, -0.1) is 0 Å². The Morgan fingerprint density at radius 3 is 2.25 bits per heavy atom. The van der Waals surface area contributed by atoms with Gasteiger partial charge < -0.3 is 20.6 Å². The summed E-state index contributed by atoms with van der Waals surface area (Å²) >= 11 is 0. The summed E-state index contributed by atoms with van der Waals surface area (Å²) in [7, 11) is 1.53. The molecule has 0 saturated carbocycles. The third kappa shape index (κ3) is 6.07. The van der Waals surface area contributed by atoms with Crippen LogP contribution in [-0.4, -0.2) is 65.5 Å². The minimum absolute atomic E-state index is 0.135. The second-order valence-electron chi connectivity index (χ2n) is 9.45. The van der Waals surface area contributed by atoms with Gasteiger partial charge in [0.05, 0.1) is 22.5 Å². The molecule has 4 rings (SSSR count). The monoisotopic (exact) mass is 539 g/mol. The number of nitrogens with zero attached hydrogens (tertiary/aromatic N) is 3. The zero-order valence-corrected chi connectivity index (χ0v) is 23.6. The van der Waals surface area contributed by atoms with Crippen molar-refractivity contribution in [1.29, 1.82) is 0 Å². The van der Waals surface area contributed by atoms with Crippen LogP contribution in [0, 0.1) is 0 Å². The van der Waals surface area contributed by atoms with Crippen LogP contribution in [0.15, 0.2) is 77.8 Å². The van der Waals surface area contributed by atoms with Crippen LogP contribution >= 0.6 is 0 Å². The summed E-state index contributed by atoms with van der Waals surface area (Å²) < 4.78 is 1.29. The molecule has 0 bridgehead atoms. The maximum Gasteiger partial charge on any atom is 0.328 e. The molecule has 40 heavy (non-hydrogen) atoms. The van der Waals surface area contributed by atoms with E-state index in [4.69, 9.17) is 4.99 Å². The molecule has 0 spiro atoms. The van der Waals surface area contributed by atoms with E-state index in [2.05, 4.69) is 29.4 Å². The molecule has 0 fully saturated rings. The average molecular weight is 540 g/mol. The van der Waals surface area contributed by atoms with Crippen LogP contribution in [0.5, 0.6) is 5.88 Å². The summed E-state index contributed by atoms with van der Waals surface area (Å²) in [5.74, 6) is -0.321. The highest BCUT2D eigenvalue weighted by Crippen LogP contribution is 2.35. The summed E-state index contributed by atoms with van der Waals surface area (Å²) in [4.78, 5) is 32.7. The first-order valence-electron chi connectivity index (χ1n) is 13.7. The predicted molar refractivity (Wildman–Crippen MR) is 161 cm³/mol. The van der Waals surface area contributed by atoms with Crippen LogP contribution in [0.2, 0.25) is 0 Å². The molecule has 208 valence electrons. The van der Waals surface area contributed by atoms with Crippen molar-refractivity contribution < 1.29 is 14.7 Å². The molecule has 0 aliphatic heterocycles. The van der Waals surface area contributed by atoms with Gasteiger partial charge in [0.1, 0.15) is 0 Å². The van der Waals surface area contributed by atoms with Crippen molar-refractivity contribution >= 4 is 34.2 Å². The number of amides is 2. The van der Waals surface area contributed by atoms with Crippen LogP contribution in [-0.2, 0) is 6.42 Å². The smallest absolute Gasteiger partial charge is 0.328 e. The van der Waals surface area contributed by atoms with Crippen LogP contribution in [0.1, 0.15) is 47.8 Å². The predicted octanol–water partition coefficient (Wildman–Crippen LogP) is 5.34. The molecule has 4 aromatic rings.